The minimum absolute atomic E-state index is 0.113. The Morgan fingerprint density at radius 1 is 1.14 bits per heavy atom. The lowest BCUT2D eigenvalue weighted by atomic mass is 10.2. The molecule has 0 aliphatic carbocycles. The summed E-state index contributed by atoms with van der Waals surface area (Å²) in [7, 11) is 0. The van der Waals surface area contributed by atoms with Crippen molar-refractivity contribution in [1.29, 1.82) is 0 Å². The number of amides is 1. The first-order chi connectivity index (χ1) is 10.3. The van der Waals surface area contributed by atoms with Gasteiger partial charge in [-0.15, -0.1) is 6.58 Å². The van der Waals surface area contributed by atoms with Gasteiger partial charge in [-0.2, -0.15) is 0 Å². The summed E-state index contributed by atoms with van der Waals surface area (Å²) in [5.74, 6) is 0.113. The summed E-state index contributed by atoms with van der Waals surface area (Å²) >= 11 is 0. The number of benzene rings is 1. The lowest BCUT2D eigenvalue weighted by Gasteiger charge is -2.34. The molecule has 1 N–H and O–H groups in total. The van der Waals surface area contributed by atoms with Gasteiger partial charge in [0.15, 0.2) is 0 Å². The van der Waals surface area contributed by atoms with Crippen molar-refractivity contribution >= 4 is 5.91 Å². The van der Waals surface area contributed by atoms with E-state index in [1.807, 2.05) is 0 Å². The lowest BCUT2D eigenvalue weighted by molar-refractivity contribution is -0.121. The Kier molecular flexibility index (Phi) is 6.44. The van der Waals surface area contributed by atoms with Crippen LogP contribution in [-0.2, 0) is 11.3 Å². The van der Waals surface area contributed by atoms with Gasteiger partial charge in [0, 0.05) is 52.2 Å². The molecule has 21 heavy (non-hydrogen) atoms. The number of rotatable bonds is 7. The molecule has 0 atom stereocenters. The number of carbonyl (C=O) groups excluding carboxylic acids is 1. The number of nitrogens with zero attached hydrogens (tertiary/aromatic N) is 2. The fourth-order valence-electron chi connectivity index (χ4n) is 2.55. The van der Waals surface area contributed by atoms with E-state index >= 15 is 0 Å². The van der Waals surface area contributed by atoms with Crippen LogP contribution in [0.15, 0.2) is 43.0 Å². The number of hydrogen-bond acceptors (Lipinski definition) is 3. The van der Waals surface area contributed by atoms with Crippen molar-refractivity contribution in [3.8, 4) is 0 Å². The standard InChI is InChI=1S/C17H25N3O/c1-2-9-18-17(21)8-10-19-11-13-20(14-12-19)15-16-6-4-3-5-7-16/h2-7H,1,8-15H2,(H,18,21). The van der Waals surface area contributed by atoms with Crippen molar-refractivity contribution in [2.75, 3.05) is 39.3 Å². The average molecular weight is 287 g/mol. The molecule has 4 heteroatoms. The summed E-state index contributed by atoms with van der Waals surface area (Å²) in [6, 6.07) is 10.6. The SMILES string of the molecule is C=CCNC(=O)CCN1CCN(Cc2ccccc2)CC1. The van der Waals surface area contributed by atoms with Crippen molar-refractivity contribution in [2.45, 2.75) is 13.0 Å². The van der Waals surface area contributed by atoms with Gasteiger partial charge in [0.1, 0.15) is 0 Å². The zero-order chi connectivity index (χ0) is 14.9. The normalized spacial score (nSPS) is 16.6. The summed E-state index contributed by atoms with van der Waals surface area (Å²) in [6.45, 7) is 10.3. The van der Waals surface area contributed by atoms with Crippen LogP contribution in [0.25, 0.3) is 0 Å². The third-order valence-corrected chi connectivity index (χ3v) is 3.81. The Morgan fingerprint density at radius 3 is 2.48 bits per heavy atom. The monoisotopic (exact) mass is 287 g/mol. The summed E-state index contributed by atoms with van der Waals surface area (Å²) < 4.78 is 0. The molecule has 1 aliphatic heterocycles. The molecule has 2 rings (SSSR count). The van der Waals surface area contributed by atoms with Gasteiger partial charge in [0.2, 0.25) is 5.91 Å². The third kappa shape index (κ3) is 5.69. The smallest absolute Gasteiger partial charge is 0.221 e. The summed E-state index contributed by atoms with van der Waals surface area (Å²) in [6.07, 6.45) is 2.28. The van der Waals surface area contributed by atoms with Gasteiger partial charge in [-0.3, -0.25) is 9.69 Å². The van der Waals surface area contributed by atoms with E-state index in [0.717, 1.165) is 39.3 Å². The molecule has 0 unspecified atom stereocenters. The second-order valence-corrected chi connectivity index (χ2v) is 5.45. The van der Waals surface area contributed by atoms with Crippen LogP contribution in [0, 0.1) is 0 Å². The van der Waals surface area contributed by atoms with Gasteiger partial charge >= 0.3 is 0 Å². The van der Waals surface area contributed by atoms with E-state index in [2.05, 4.69) is 52.0 Å². The molecule has 0 radical (unpaired) electrons. The molecule has 0 bridgehead atoms. The second kappa shape index (κ2) is 8.60. The molecule has 114 valence electrons. The molecule has 1 fully saturated rings. The molecular formula is C17H25N3O. The molecule has 1 heterocycles. The van der Waals surface area contributed by atoms with Crippen LogP contribution in [0.4, 0.5) is 0 Å². The van der Waals surface area contributed by atoms with Gasteiger partial charge in [0.25, 0.3) is 0 Å². The maximum Gasteiger partial charge on any atom is 0.221 e. The van der Waals surface area contributed by atoms with Crippen LogP contribution in [0.2, 0.25) is 0 Å². The highest BCUT2D eigenvalue weighted by atomic mass is 16.1. The van der Waals surface area contributed by atoms with Crippen molar-refractivity contribution in [3.63, 3.8) is 0 Å². The Morgan fingerprint density at radius 2 is 1.81 bits per heavy atom. The Bertz CT molecular complexity index is 439. The van der Waals surface area contributed by atoms with Gasteiger partial charge in [-0.05, 0) is 5.56 Å². The van der Waals surface area contributed by atoms with E-state index in [1.54, 1.807) is 6.08 Å². The van der Waals surface area contributed by atoms with Gasteiger partial charge in [-0.25, -0.2) is 0 Å². The molecular weight excluding hydrogens is 262 g/mol. The van der Waals surface area contributed by atoms with Gasteiger partial charge in [0.05, 0.1) is 0 Å². The van der Waals surface area contributed by atoms with Gasteiger partial charge in [-0.1, -0.05) is 36.4 Å². The van der Waals surface area contributed by atoms with E-state index in [0.29, 0.717) is 13.0 Å². The highest BCUT2D eigenvalue weighted by Gasteiger charge is 2.17. The Labute approximate surface area is 127 Å². The summed E-state index contributed by atoms with van der Waals surface area (Å²) in [5, 5.41) is 2.82. The molecule has 0 aromatic heterocycles. The summed E-state index contributed by atoms with van der Waals surface area (Å²) in [4.78, 5) is 16.4. The molecule has 1 amide bonds. The zero-order valence-electron chi connectivity index (χ0n) is 12.6. The number of piperazine rings is 1. The van der Waals surface area contributed by atoms with E-state index in [4.69, 9.17) is 0 Å². The van der Waals surface area contributed by atoms with Crippen LogP contribution >= 0.6 is 0 Å². The first-order valence-corrected chi connectivity index (χ1v) is 7.64. The molecule has 0 saturated carbocycles. The number of hydrogen-bond donors (Lipinski definition) is 1. The largest absolute Gasteiger partial charge is 0.353 e. The van der Waals surface area contributed by atoms with Crippen molar-refractivity contribution < 1.29 is 4.79 Å². The van der Waals surface area contributed by atoms with Crippen LogP contribution in [-0.4, -0.2) is 55.0 Å². The quantitative estimate of drug-likeness (QED) is 0.772. The molecule has 4 nitrogen and oxygen atoms in total. The molecule has 1 aromatic rings. The van der Waals surface area contributed by atoms with Gasteiger partial charge < -0.3 is 10.2 Å². The van der Waals surface area contributed by atoms with E-state index in [9.17, 15) is 4.79 Å². The van der Waals surface area contributed by atoms with Crippen molar-refractivity contribution in [1.82, 2.24) is 15.1 Å². The minimum atomic E-state index is 0.113. The fourth-order valence-corrected chi connectivity index (χ4v) is 2.55. The Hall–Kier alpha value is -1.65. The maximum absolute atomic E-state index is 11.6. The Balaban J connectivity index is 1.64. The maximum atomic E-state index is 11.6. The van der Waals surface area contributed by atoms with Crippen LogP contribution in [0.3, 0.4) is 0 Å². The highest BCUT2D eigenvalue weighted by molar-refractivity contribution is 5.76. The van der Waals surface area contributed by atoms with Crippen molar-refractivity contribution in [2.24, 2.45) is 0 Å². The first kappa shape index (κ1) is 15.7. The second-order valence-electron chi connectivity index (χ2n) is 5.45. The third-order valence-electron chi connectivity index (χ3n) is 3.81. The molecule has 1 aliphatic rings. The van der Waals surface area contributed by atoms with Crippen LogP contribution < -0.4 is 5.32 Å². The van der Waals surface area contributed by atoms with E-state index < -0.39 is 0 Å². The average Bonchev–Trinajstić information content (AvgIpc) is 2.53. The first-order valence-electron chi connectivity index (χ1n) is 7.64. The predicted molar refractivity (Wildman–Crippen MR) is 86.0 cm³/mol. The molecule has 1 saturated heterocycles. The number of carbonyl (C=O) groups is 1. The predicted octanol–water partition coefficient (Wildman–Crippen LogP) is 1.50. The lowest BCUT2D eigenvalue weighted by Crippen LogP contribution is -2.46. The highest BCUT2D eigenvalue weighted by Crippen LogP contribution is 2.08. The molecule has 0 spiro atoms. The minimum Gasteiger partial charge on any atom is -0.353 e. The van der Waals surface area contributed by atoms with E-state index in [-0.39, 0.29) is 5.91 Å². The van der Waals surface area contributed by atoms with Crippen LogP contribution in [0.1, 0.15) is 12.0 Å². The van der Waals surface area contributed by atoms with E-state index in [1.165, 1.54) is 5.56 Å². The summed E-state index contributed by atoms with van der Waals surface area (Å²) in [5.41, 5.74) is 1.37. The number of nitrogens with one attached hydrogen (secondary N) is 1. The zero-order valence-corrected chi connectivity index (χ0v) is 12.6. The van der Waals surface area contributed by atoms with Crippen LogP contribution in [0.5, 0.6) is 0 Å². The van der Waals surface area contributed by atoms with Crippen molar-refractivity contribution in [3.05, 3.63) is 48.6 Å². The molecule has 1 aromatic carbocycles. The fraction of sp³-hybridized carbons (Fsp3) is 0.471. The topological polar surface area (TPSA) is 35.6 Å².